The summed E-state index contributed by atoms with van der Waals surface area (Å²) in [6.45, 7) is 5.38. The van der Waals surface area contributed by atoms with Crippen molar-refractivity contribution in [2.45, 2.75) is 19.4 Å². The Bertz CT molecular complexity index is 445. The van der Waals surface area contributed by atoms with Crippen LogP contribution in [0.25, 0.3) is 0 Å². The Hall–Kier alpha value is -1.36. The van der Waals surface area contributed by atoms with E-state index in [1.54, 1.807) is 0 Å². The minimum absolute atomic E-state index is 0.593. The molecule has 2 saturated heterocycles. The Morgan fingerprint density at radius 1 is 1.39 bits per heavy atom. The van der Waals surface area contributed by atoms with Gasteiger partial charge in [-0.15, -0.1) is 0 Å². The number of anilines is 2. The van der Waals surface area contributed by atoms with E-state index in [1.807, 2.05) is 32.0 Å². The Kier molecular flexibility index (Phi) is 2.86. The lowest BCUT2D eigenvalue weighted by Crippen LogP contribution is -2.64. The third-order valence-electron chi connectivity index (χ3n) is 3.97. The monoisotopic (exact) mass is 247 g/mol. The van der Waals surface area contributed by atoms with Crippen molar-refractivity contribution in [1.82, 2.24) is 15.3 Å². The van der Waals surface area contributed by atoms with E-state index in [-0.39, 0.29) is 0 Å². The van der Waals surface area contributed by atoms with Crippen molar-refractivity contribution >= 4 is 11.8 Å². The summed E-state index contributed by atoms with van der Waals surface area (Å²) in [4.78, 5) is 13.6. The van der Waals surface area contributed by atoms with Gasteiger partial charge in [-0.05, 0) is 25.8 Å². The summed E-state index contributed by atoms with van der Waals surface area (Å²) in [6.07, 6.45) is 1.29. The number of hydrogen-bond acceptors (Lipinski definition) is 5. The fraction of sp³-hybridized carbons (Fsp3) is 0.692. The highest BCUT2D eigenvalue weighted by Crippen LogP contribution is 2.33. The van der Waals surface area contributed by atoms with Crippen molar-refractivity contribution in [2.75, 3.05) is 43.5 Å². The van der Waals surface area contributed by atoms with Crippen LogP contribution in [0.3, 0.4) is 0 Å². The van der Waals surface area contributed by atoms with Gasteiger partial charge in [-0.25, -0.2) is 4.98 Å². The van der Waals surface area contributed by atoms with E-state index >= 15 is 0 Å². The van der Waals surface area contributed by atoms with Gasteiger partial charge in [-0.3, -0.25) is 0 Å². The molecule has 0 aliphatic carbocycles. The molecule has 1 aromatic rings. The molecule has 2 unspecified atom stereocenters. The highest BCUT2D eigenvalue weighted by atomic mass is 15.3. The molecule has 0 saturated carbocycles. The van der Waals surface area contributed by atoms with Crippen LogP contribution in [-0.2, 0) is 0 Å². The molecular formula is C13H21N5. The second-order valence-electron chi connectivity index (χ2n) is 5.53. The zero-order chi connectivity index (χ0) is 12.7. The maximum absolute atomic E-state index is 4.66. The van der Waals surface area contributed by atoms with E-state index in [0.717, 1.165) is 43.0 Å². The first kappa shape index (κ1) is 11.7. The van der Waals surface area contributed by atoms with Gasteiger partial charge in [-0.1, -0.05) is 0 Å². The van der Waals surface area contributed by atoms with Crippen molar-refractivity contribution in [1.29, 1.82) is 0 Å². The Labute approximate surface area is 108 Å². The van der Waals surface area contributed by atoms with Crippen LogP contribution >= 0.6 is 0 Å². The van der Waals surface area contributed by atoms with Crippen molar-refractivity contribution in [3.8, 4) is 0 Å². The largest absolute Gasteiger partial charge is 0.363 e. The zero-order valence-electron chi connectivity index (χ0n) is 11.3. The van der Waals surface area contributed by atoms with Gasteiger partial charge in [-0.2, -0.15) is 4.98 Å². The maximum Gasteiger partial charge on any atom is 0.227 e. The predicted octanol–water partition coefficient (Wildman–Crippen LogP) is 0.649. The van der Waals surface area contributed by atoms with Crippen LogP contribution in [-0.4, -0.2) is 49.7 Å². The average Bonchev–Trinajstić information content (AvgIpc) is 2.30. The molecule has 2 atom stereocenters. The smallest absolute Gasteiger partial charge is 0.227 e. The van der Waals surface area contributed by atoms with Gasteiger partial charge in [0.15, 0.2) is 0 Å². The quantitative estimate of drug-likeness (QED) is 0.831. The second-order valence-corrected chi connectivity index (χ2v) is 5.53. The van der Waals surface area contributed by atoms with Gasteiger partial charge in [0, 0.05) is 45.0 Å². The van der Waals surface area contributed by atoms with Crippen LogP contribution in [0, 0.1) is 12.8 Å². The van der Waals surface area contributed by atoms with Gasteiger partial charge in [0.05, 0.1) is 0 Å². The summed E-state index contributed by atoms with van der Waals surface area (Å²) in [5.74, 6) is 2.71. The molecule has 0 amide bonds. The number of aromatic nitrogens is 2. The molecular weight excluding hydrogens is 226 g/mol. The van der Waals surface area contributed by atoms with E-state index in [2.05, 4.69) is 20.2 Å². The highest BCUT2D eigenvalue weighted by Gasteiger charge is 2.41. The summed E-state index contributed by atoms with van der Waals surface area (Å²) < 4.78 is 0. The molecule has 3 rings (SSSR count). The molecule has 3 heterocycles. The molecule has 0 aromatic carbocycles. The van der Waals surface area contributed by atoms with E-state index < -0.39 is 0 Å². The Morgan fingerprint density at radius 3 is 2.94 bits per heavy atom. The first-order valence-electron chi connectivity index (χ1n) is 6.65. The number of rotatable bonds is 2. The summed E-state index contributed by atoms with van der Waals surface area (Å²) in [5.41, 5.74) is 1.04. The number of nitrogens with zero attached hydrogens (tertiary/aromatic N) is 4. The van der Waals surface area contributed by atoms with Gasteiger partial charge in [0.2, 0.25) is 5.95 Å². The first-order chi connectivity index (χ1) is 8.65. The number of hydrogen-bond donors (Lipinski definition) is 1. The Balaban J connectivity index is 1.84. The molecule has 5 heteroatoms. The SMILES string of the molecule is Cc1cc(N(C)C)nc(N2CC3CCNCC32)n1. The van der Waals surface area contributed by atoms with Crippen molar-refractivity contribution < 1.29 is 0 Å². The van der Waals surface area contributed by atoms with E-state index in [9.17, 15) is 0 Å². The summed E-state index contributed by atoms with van der Waals surface area (Å²) in [7, 11) is 4.04. The normalized spacial score (nSPS) is 26.5. The molecule has 0 spiro atoms. The van der Waals surface area contributed by atoms with Crippen molar-refractivity contribution in [3.63, 3.8) is 0 Å². The van der Waals surface area contributed by atoms with Crippen LogP contribution in [0.1, 0.15) is 12.1 Å². The maximum atomic E-state index is 4.66. The van der Waals surface area contributed by atoms with Crippen LogP contribution in [0.5, 0.6) is 0 Å². The van der Waals surface area contributed by atoms with Gasteiger partial charge in [0.1, 0.15) is 5.82 Å². The van der Waals surface area contributed by atoms with Crippen molar-refractivity contribution in [2.24, 2.45) is 5.92 Å². The minimum Gasteiger partial charge on any atom is -0.363 e. The Morgan fingerprint density at radius 2 is 2.22 bits per heavy atom. The molecule has 2 aliphatic rings. The summed E-state index contributed by atoms with van der Waals surface area (Å²) in [6, 6.07) is 2.62. The summed E-state index contributed by atoms with van der Waals surface area (Å²) in [5, 5.41) is 3.46. The predicted molar refractivity (Wildman–Crippen MR) is 73.2 cm³/mol. The molecule has 18 heavy (non-hydrogen) atoms. The fourth-order valence-electron chi connectivity index (χ4n) is 2.85. The molecule has 98 valence electrons. The van der Waals surface area contributed by atoms with Gasteiger partial charge in [0.25, 0.3) is 0 Å². The van der Waals surface area contributed by atoms with E-state index in [4.69, 9.17) is 0 Å². The van der Waals surface area contributed by atoms with Crippen LogP contribution in [0.4, 0.5) is 11.8 Å². The zero-order valence-corrected chi connectivity index (χ0v) is 11.3. The molecule has 5 nitrogen and oxygen atoms in total. The van der Waals surface area contributed by atoms with Crippen LogP contribution in [0.15, 0.2) is 6.07 Å². The fourth-order valence-corrected chi connectivity index (χ4v) is 2.85. The second kappa shape index (κ2) is 4.39. The average molecular weight is 247 g/mol. The molecule has 1 aromatic heterocycles. The third kappa shape index (κ3) is 1.92. The molecule has 0 bridgehead atoms. The van der Waals surface area contributed by atoms with Crippen LogP contribution < -0.4 is 15.1 Å². The highest BCUT2D eigenvalue weighted by molar-refractivity contribution is 5.47. The minimum atomic E-state index is 0.593. The number of piperidine rings is 1. The van der Waals surface area contributed by atoms with E-state index in [0.29, 0.717) is 6.04 Å². The number of aryl methyl sites for hydroxylation is 1. The topological polar surface area (TPSA) is 44.3 Å². The van der Waals surface area contributed by atoms with Crippen molar-refractivity contribution in [3.05, 3.63) is 11.8 Å². The molecule has 2 fully saturated rings. The van der Waals surface area contributed by atoms with Crippen LogP contribution in [0.2, 0.25) is 0 Å². The lowest BCUT2D eigenvalue weighted by atomic mass is 9.83. The lowest BCUT2D eigenvalue weighted by Gasteiger charge is -2.51. The number of nitrogens with one attached hydrogen (secondary N) is 1. The lowest BCUT2D eigenvalue weighted by molar-refractivity contribution is 0.225. The van der Waals surface area contributed by atoms with E-state index in [1.165, 1.54) is 6.42 Å². The molecule has 0 radical (unpaired) electrons. The van der Waals surface area contributed by atoms with Gasteiger partial charge >= 0.3 is 0 Å². The summed E-state index contributed by atoms with van der Waals surface area (Å²) >= 11 is 0. The molecule has 1 N–H and O–H groups in total. The first-order valence-corrected chi connectivity index (χ1v) is 6.65. The molecule has 2 aliphatic heterocycles. The van der Waals surface area contributed by atoms with Gasteiger partial charge < -0.3 is 15.1 Å². The standard InChI is InChI=1S/C13H21N5/c1-9-6-12(17(2)3)16-13(15-9)18-8-10-4-5-14-7-11(10)18/h6,10-11,14H,4-5,7-8H2,1-3H3. The third-order valence-corrected chi connectivity index (χ3v) is 3.97. The number of fused-ring (bicyclic) bond motifs is 1.